The average molecular weight is 209 g/mol. The highest BCUT2D eigenvalue weighted by Crippen LogP contribution is 2.30. The lowest BCUT2D eigenvalue weighted by molar-refractivity contribution is 0.0773. The first kappa shape index (κ1) is 9.87. The second-order valence-corrected chi connectivity index (χ2v) is 4.96. The van der Waals surface area contributed by atoms with Crippen molar-refractivity contribution >= 4 is 17.1 Å². The van der Waals surface area contributed by atoms with Crippen molar-refractivity contribution in [2.24, 2.45) is 5.41 Å². The highest BCUT2D eigenvalue weighted by molar-refractivity contribution is 7.08. The molecule has 76 valence electrons. The summed E-state index contributed by atoms with van der Waals surface area (Å²) in [5.74, 6) is 0.297. The normalized spacial score (nSPS) is 27.5. The Kier molecular flexibility index (Phi) is 2.70. The third-order valence-corrected chi connectivity index (χ3v) is 3.61. The molecule has 2 rings (SSSR count). The van der Waals surface area contributed by atoms with Gasteiger partial charge in [-0.1, -0.05) is 6.92 Å². The van der Waals surface area contributed by atoms with Crippen LogP contribution < -0.4 is 5.32 Å². The van der Waals surface area contributed by atoms with Crippen LogP contribution in [0.25, 0.3) is 0 Å². The summed E-state index contributed by atoms with van der Waals surface area (Å²) < 4.78 is 0. The first-order valence-electron chi connectivity index (χ1n) is 5.00. The third-order valence-electron chi connectivity index (χ3n) is 2.93. The molecule has 14 heavy (non-hydrogen) atoms. The van der Waals surface area contributed by atoms with Crippen LogP contribution in [0.2, 0.25) is 0 Å². The monoisotopic (exact) mass is 209 g/mol. The van der Waals surface area contributed by atoms with Crippen LogP contribution in [0.5, 0.6) is 0 Å². The number of rotatable bonds is 2. The van der Waals surface area contributed by atoms with E-state index in [1.165, 1.54) is 0 Å². The molecule has 1 unspecified atom stereocenters. The summed E-state index contributed by atoms with van der Waals surface area (Å²) in [6, 6.07) is 1.92. The van der Waals surface area contributed by atoms with Gasteiger partial charge in [0, 0.05) is 22.9 Å². The molecule has 1 aromatic rings. The quantitative estimate of drug-likeness (QED) is 0.757. The van der Waals surface area contributed by atoms with Crippen LogP contribution in [0.3, 0.4) is 0 Å². The topological polar surface area (TPSA) is 29.1 Å². The van der Waals surface area contributed by atoms with Crippen LogP contribution in [0, 0.1) is 5.41 Å². The Bertz CT molecular complexity index is 312. The number of thiophene rings is 1. The van der Waals surface area contributed by atoms with E-state index in [0.29, 0.717) is 5.78 Å². The van der Waals surface area contributed by atoms with Crippen molar-refractivity contribution in [3.63, 3.8) is 0 Å². The molecule has 1 aliphatic rings. The smallest absolute Gasteiger partial charge is 0.170 e. The minimum absolute atomic E-state index is 0.181. The maximum absolute atomic E-state index is 12.1. The molecule has 1 aliphatic heterocycles. The van der Waals surface area contributed by atoms with E-state index in [4.69, 9.17) is 0 Å². The van der Waals surface area contributed by atoms with Crippen molar-refractivity contribution in [2.75, 3.05) is 13.1 Å². The van der Waals surface area contributed by atoms with Gasteiger partial charge in [0.1, 0.15) is 0 Å². The van der Waals surface area contributed by atoms with Gasteiger partial charge in [0.2, 0.25) is 0 Å². The molecule has 2 heterocycles. The number of hydrogen-bond acceptors (Lipinski definition) is 3. The van der Waals surface area contributed by atoms with Gasteiger partial charge in [-0.25, -0.2) is 0 Å². The van der Waals surface area contributed by atoms with Crippen molar-refractivity contribution in [1.82, 2.24) is 5.32 Å². The first-order valence-corrected chi connectivity index (χ1v) is 5.94. The molecule has 0 aromatic carbocycles. The van der Waals surface area contributed by atoms with Gasteiger partial charge in [-0.05, 0) is 30.8 Å². The van der Waals surface area contributed by atoms with E-state index in [-0.39, 0.29) is 5.41 Å². The Balaban J connectivity index is 2.17. The highest BCUT2D eigenvalue weighted by atomic mass is 32.1. The fraction of sp³-hybridized carbons (Fsp3) is 0.545. The van der Waals surface area contributed by atoms with Crippen LogP contribution in [-0.2, 0) is 0 Å². The number of nitrogens with one attached hydrogen (secondary N) is 1. The minimum Gasteiger partial charge on any atom is -0.316 e. The molecule has 1 aromatic heterocycles. The fourth-order valence-corrected chi connectivity index (χ4v) is 2.63. The van der Waals surface area contributed by atoms with Gasteiger partial charge in [0.15, 0.2) is 5.78 Å². The predicted octanol–water partition coefficient (Wildman–Crippen LogP) is 2.32. The van der Waals surface area contributed by atoms with Crippen molar-refractivity contribution < 1.29 is 4.79 Å². The molecule has 0 saturated carbocycles. The maximum Gasteiger partial charge on any atom is 0.170 e. The van der Waals surface area contributed by atoms with Gasteiger partial charge in [-0.3, -0.25) is 4.79 Å². The first-order chi connectivity index (χ1) is 6.72. The lowest BCUT2D eigenvalue weighted by atomic mass is 9.77. The molecule has 0 aliphatic carbocycles. The largest absolute Gasteiger partial charge is 0.316 e. The molecule has 1 N–H and O–H groups in total. The van der Waals surface area contributed by atoms with Crippen molar-refractivity contribution in [3.8, 4) is 0 Å². The summed E-state index contributed by atoms with van der Waals surface area (Å²) in [6.45, 7) is 3.94. The summed E-state index contributed by atoms with van der Waals surface area (Å²) in [5.41, 5.74) is 0.695. The molecule has 1 saturated heterocycles. The number of carbonyl (C=O) groups is 1. The van der Waals surface area contributed by atoms with E-state index >= 15 is 0 Å². The van der Waals surface area contributed by atoms with Crippen LogP contribution >= 0.6 is 11.3 Å². The van der Waals surface area contributed by atoms with Gasteiger partial charge in [0.05, 0.1) is 0 Å². The number of hydrogen-bond donors (Lipinski definition) is 1. The van der Waals surface area contributed by atoms with Gasteiger partial charge in [0.25, 0.3) is 0 Å². The van der Waals surface area contributed by atoms with Gasteiger partial charge < -0.3 is 5.32 Å². The summed E-state index contributed by atoms with van der Waals surface area (Å²) in [7, 11) is 0. The van der Waals surface area contributed by atoms with E-state index in [1.54, 1.807) is 11.3 Å². The molecule has 0 spiro atoms. The van der Waals surface area contributed by atoms with Gasteiger partial charge in [-0.2, -0.15) is 11.3 Å². The van der Waals surface area contributed by atoms with Gasteiger partial charge in [-0.15, -0.1) is 0 Å². The van der Waals surface area contributed by atoms with Gasteiger partial charge >= 0.3 is 0 Å². The van der Waals surface area contributed by atoms with E-state index in [0.717, 1.165) is 31.5 Å². The number of Topliss-reactive ketones (excluding diaryl/α,β-unsaturated/α-hetero) is 1. The molecule has 0 bridgehead atoms. The molecule has 3 heteroatoms. The lowest BCUT2D eigenvalue weighted by Crippen LogP contribution is -2.43. The number of piperidine rings is 1. The van der Waals surface area contributed by atoms with Crippen LogP contribution in [0.4, 0.5) is 0 Å². The second-order valence-electron chi connectivity index (χ2n) is 4.18. The van der Waals surface area contributed by atoms with E-state index < -0.39 is 0 Å². The highest BCUT2D eigenvalue weighted by Gasteiger charge is 2.35. The SMILES string of the molecule is CC1(C(=O)c2ccsc2)CCCNC1. The Hall–Kier alpha value is -0.670. The van der Waals surface area contributed by atoms with Crippen molar-refractivity contribution in [3.05, 3.63) is 22.4 Å². The number of ketones is 1. The molecular formula is C11H15NOS. The third kappa shape index (κ3) is 1.74. The van der Waals surface area contributed by atoms with Crippen molar-refractivity contribution in [2.45, 2.75) is 19.8 Å². The van der Waals surface area contributed by atoms with E-state index in [2.05, 4.69) is 12.2 Å². The molecule has 0 radical (unpaired) electrons. The predicted molar refractivity (Wildman–Crippen MR) is 58.9 cm³/mol. The molecular weight excluding hydrogens is 194 g/mol. The summed E-state index contributed by atoms with van der Waals surface area (Å²) >= 11 is 1.59. The Labute approximate surface area is 88.3 Å². The zero-order valence-electron chi connectivity index (χ0n) is 8.38. The number of carbonyl (C=O) groups excluding carboxylic acids is 1. The summed E-state index contributed by atoms with van der Waals surface area (Å²) in [5, 5.41) is 7.21. The minimum atomic E-state index is -0.181. The maximum atomic E-state index is 12.1. The second kappa shape index (κ2) is 3.83. The Morgan fingerprint density at radius 1 is 1.64 bits per heavy atom. The molecule has 1 atom stereocenters. The fourth-order valence-electron chi connectivity index (χ4n) is 1.99. The molecule has 1 fully saturated rings. The van der Waals surface area contributed by atoms with E-state index in [1.807, 2.05) is 16.8 Å². The average Bonchev–Trinajstić information content (AvgIpc) is 2.70. The molecule has 2 nitrogen and oxygen atoms in total. The Morgan fingerprint density at radius 2 is 2.50 bits per heavy atom. The van der Waals surface area contributed by atoms with Crippen LogP contribution in [0.1, 0.15) is 30.1 Å². The standard InChI is InChI=1S/C11H15NOS/c1-11(4-2-5-12-8-11)10(13)9-3-6-14-7-9/h3,6-7,12H,2,4-5,8H2,1H3. The van der Waals surface area contributed by atoms with E-state index in [9.17, 15) is 4.79 Å². The Morgan fingerprint density at radius 3 is 3.07 bits per heavy atom. The van der Waals surface area contributed by atoms with Crippen molar-refractivity contribution in [1.29, 1.82) is 0 Å². The molecule has 0 amide bonds. The van der Waals surface area contributed by atoms with Crippen LogP contribution in [0.15, 0.2) is 16.8 Å². The zero-order chi connectivity index (χ0) is 10.0. The lowest BCUT2D eigenvalue weighted by Gasteiger charge is -2.32. The summed E-state index contributed by atoms with van der Waals surface area (Å²) in [6.07, 6.45) is 2.11. The van der Waals surface area contributed by atoms with Crippen LogP contribution in [-0.4, -0.2) is 18.9 Å². The summed E-state index contributed by atoms with van der Waals surface area (Å²) in [4.78, 5) is 12.1. The zero-order valence-corrected chi connectivity index (χ0v) is 9.19.